The highest BCUT2D eigenvalue weighted by molar-refractivity contribution is 5.95. The van der Waals surface area contributed by atoms with Crippen LogP contribution in [0.4, 0.5) is 26.3 Å². The zero-order chi connectivity index (χ0) is 25.4. The van der Waals surface area contributed by atoms with E-state index in [-0.39, 0.29) is 34.4 Å². The predicted molar refractivity (Wildman–Crippen MR) is 129 cm³/mol. The van der Waals surface area contributed by atoms with Crippen molar-refractivity contribution in [2.24, 2.45) is 0 Å². The topological polar surface area (TPSA) is 105 Å². The molecule has 0 aliphatic carbocycles. The minimum atomic E-state index is -0.645. The molecule has 1 aliphatic rings. The van der Waals surface area contributed by atoms with Crippen molar-refractivity contribution in [1.82, 2.24) is 29.6 Å². The van der Waals surface area contributed by atoms with Gasteiger partial charge in [0.25, 0.3) is 5.91 Å². The molecular weight excluding hydrogens is 470 g/mol. The van der Waals surface area contributed by atoms with Gasteiger partial charge in [-0.15, -0.1) is 0 Å². The summed E-state index contributed by atoms with van der Waals surface area (Å²) in [6.45, 7) is 3.32. The number of amides is 1. The summed E-state index contributed by atoms with van der Waals surface area (Å²) < 4.78 is 37.1. The highest BCUT2D eigenvalue weighted by atomic mass is 19.1. The van der Waals surface area contributed by atoms with E-state index in [1.807, 2.05) is 16.4 Å². The Kier molecular flexibility index (Phi) is 6.25. The van der Waals surface area contributed by atoms with Gasteiger partial charge in [0.05, 0.1) is 11.1 Å². The van der Waals surface area contributed by atoms with Crippen molar-refractivity contribution in [1.29, 1.82) is 0 Å². The average molecular weight is 497 g/mol. The Labute approximate surface area is 205 Å². The molecule has 0 bridgehead atoms. The summed E-state index contributed by atoms with van der Waals surface area (Å²) in [7, 11) is 3.18. The normalized spacial score (nSPS) is 14.4. The molecule has 188 valence electrons. The second-order valence-electron chi connectivity index (χ2n) is 8.89. The van der Waals surface area contributed by atoms with Crippen LogP contribution in [0.1, 0.15) is 42.0 Å². The summed E-state index contributed by atoms with van der Waals surface area (Å²) in [6.07, 6.45) is 4.91. The van der Waals surface area contributed by atoms with Crippen molar-refractivity contribution in [3.8, 4) is 0 Å². The molecule has 12 heteroatoms. The third-order valence-corrected chi connectivity index (χ3v) is 6.34. The summed E-state index contributed by atoms with van der Waals surface area (Å²) in [5.41, 5.74) is 0.720. The molecule has 4 aromatic rings. The fourth-order valence-corrected chi connectivity index (χ4v) is 4.40. The zero-order valence-electron chi connectivity index (χ0n) is 20.2. The summed E-state index contributed by atoms with van der Waals surface area (Å²) >= 11 is 0. The molecule has 0 unspecified atom stereocenters. The smallest absolute Gasteiger partial charge is 0.324 e. The number of benzene rings is 1. The molecule has 0 radical (unpaired) electrons. The van der Waals surface area contributed by atoms with Gasteiger partial charge in [0, 0.05) is 51.4 Å². The van der Waals surface area contributed by atoms with Crippen molar-refractivity contribution in [2.45, 2.75) is 32.2 Å². The monoisotopic (exact) mass is 496 g/mol. The fraction of sp³-hybridized carbons (Fsp3) is 0.375. The van der Waals surface area contributed by atoms with Gasteiger partial charge in [0.2, 0.25) is 0 Å². The zero-order valence-corrected chi connectivity index (χ0v) is 20.2. The van der Waals surface area contributed by atoms with Crippen LogP contribution in [-0.2, 0) is 6.42 Å². The van der Waals surface area contributed by atoms with E-state index in [9.17, 15) is 9.18 Å². The van der Waals surface area contributed by atoms with Gasteiger partial charge < -0.3 is 24.2 Å². The van der Waals surface area contributed by atoms with Crippen LogP contribution in [0.15, 0.2) is 35.2 Å². The third kappa shape index (κ3) is 4.34. The maximum atomic E-state index is 15.1. The maximum Gasteiger partial charge on any atom is 0.324 e. The average Bonchev–Trinajstić information content (AvgIpc) is 3.50. The number of nitrogens with one attached hydrogen (secondary N) is 1. The lowest BCUT2D eigenvalue weighted by molar-refractivity contribution is 0.0827. The highest BCUT2D eigenvalue weighted by Crippen LogP contribution is 2.33. The molecule has 0 atom stereocenters. The van der Waals surface area contributed by atoms with Crippen LogP contribution in [0, 0.1) is 11.6 Å². The Morgan fingerprint density at radius 2 is 1.97 bits per heavy atom. The lowest BCUT2D eigenvalue weighted by atomic mass is 10.1. The molecule has 3 aromatic heterocycles. The lowest BCUT2D eigenvalue weighted by Gasteiger charge is -2.31. The molecule has 5 rings (SSSR count). The van der Waals surface area contributed by atoms with Gasteiger partial charge in [-0.1, -0.05) is 12.1 Å². The molecule has 36 heavy (non-hydrogen) atoms. The van der Waals surface area contributed by atoms with Crippen LogP contribution in [-0.4, -0.2) is 62.7 Å². The largest absolute Gasteiger partial charge is 0.345 e. The molecule has 1 fully saturated rings. The van der Waals surface area contributed by atoms with Gasteiger partial charge in [-0.2, -0.15) is 4.98 Å². The Bertz CT molecular complexity index is 1410. The number of carbonyl (C=O) groups excluding carboxylic acids is 1. The fourth-order valence-electron chi connectivity index (χ4n) is 4.40. The predicted octanol–water partition coefficient (Wildman–Crippen LogP) is 3.94. The first-order valence-electron chi connectivity index (χ1n) is 11.7. The summed E-state index contributed by atoms with van der Waals surface area (Å²) in [4.78, 5) is 28.4. The van der Waals surface area contributed by atoms with Crippen molar-refractivity contribution < 1.29 is 18.1 Å². The van der Waals surface area contributed by atoms with E-state index in [0.717, 1.165) is 18.9 Å². The number of anilines is 3. The number of aryl methyl sites for hydroxylation is 1. The number of piperidine rings is 1. The van der Waals surface area contributed by atoms with E-state index >= 15 is 4.39 Å². The SMILES string of the molecule is CCc1noc(N2CCC(n3cc(F)c4c(Nc5ccc(C(=O)N(C)C)cc5F)ncnc43)CC2)n1. The first kappa shape index (κ1) is 23.6. The van der Waals surface area contributed by atoms with Gasteiger partial charge in [-0.05, 0) is 31.0 Å². The van der Waals surface area contributed by atoms with Crippen molar-refractivity contribution >= 4 is 34.5 Å². The Morgan fingerprint density at radius 1 is 1.19 bits per heavy atom. The number of halogens is 2. The number of hydrogen-bond acceptors (Lipinski definition) is 8. The van der Waals surface area contributed by atoms with Crippen LogP contribution >= 0.6 is 0 Å². The van der Waals surface area contributed by atoms with E-state index in [0.29, 0.717) is 37.0 Å². The minimum absolute atomic E-state index is 0.0117. The second-order valence-corrected chi connectivity index (χ2v) is 8.89. The molecule has 10 nitrogen and oxygen atoms in total. The Balaban J connectivity index is 1.37. The lowest BCUT2D eigenvalue weighted by Crippen LogP contribution is -2.34. The van der Waals surface area contributed by atoms with Crippen LogP contribution < -0.4 is 10.2 Å². The number of nitrogens with zero attached hydrogens (tertiary/aromatic N) is 7. The number of aromatic nitrogens is 5. The molecule has 1 amide bonds. The van der Waals surface area contributed by atoms with Crippen LogP contribution in [0.3, 0.4) is 0 Å². The maximum absolute atomic E-state index is 15.1. The molecule has 0 saturated carbocycles. The van der Waals surface area contributed by atoms with E-state index < -0.39 is 11.6 Å². The van der Waals surface area contributed by atoms with Gasteiger partial charge in [0.15, 0.2) is 11.6 Å². The molecule has 4 heterocycles. The number of hydrogen-bond donors (Lipinski definition) is 1. The molecule has 1 aromatic carbocycles. The van der Waals surface area contributed by atoms with Gasteiger partial charge in [-0.25, -0.2) is 18.7 Å². The van der Waals surface area contributed by atoms with Crippen molar-refractivity contribution in [3.63, 3.8) is 0 Å². The number of carbonyl (C=O) groups is 1. The van der Waals surface area contributed by atoms with E-state index in [2.05, 4.69) is 25.4 Å². The summed E-state index contributed by atoms with van der Waals surface area (Å²) in [5, 5.41) is 6.99. The molecule has 0 spiro atoms. The molecular formula is C24H26F2N8O2. The first-order chi connectivity index (χ1) is 17.4. The second kappa shape index (κ2) is 9.51. The molecule has 1 aliphatic heterocycles. The van der Waals surface area contributed by atoms with E-state index in [4.69, 9.17) is 4.52 Å². The summed E-state index contributed by atoms with van der Waals surface area (Å²) in [6, 6.07) is 4.60. The van der Waals surface area contributed by atoms with Gasteiger partial charge in [-0.3, -0.25) is 4.79 Å². The van der Waals surface area contributed by atoms with Gasteiger partial charge >= 0.3 is 6.01 Å². The number of rotatable bonds is 6. The quantitative estimate of drug-likeness (QED) is 0.428. The molecule has 1 saturated heterocycles. The Morgan fingerprint density at radius 3 is 2.64 bits per heavy atom. The van der Waals surface area contributed by atoms with Crippen LogP contribution in [0.5, 0.6) is 0 Å². The highest BCUT2D eigenvalue weighted by Gasteiger charge is 2.27. The van der Waals surface area contributed by atoms with Crippen molar-refractivity contribution in [2.75, 3.05) is 37.4 Å². The van der Waals surface area contributed by atoms with Crippen molar-refractivity contribution in [3.05, 3.63) is 53.7 Å². The van der Waals surface area contributed by atoms with E-state index in [1.54, 1.807) is 14.1 Å². The molecule has 1 N–H and O–H groups in total. The van der Waals surface area contributed by atoms with Gasteiger partial charge in [0.1, 0.15) is 23.6 Å². The number of fused-ring (bicyclic) bond motifs is 1. The first-order valence-corrected chi connectivity index (χ1v) is 11.7. The van der Waals surface area contributed by atoms with Crippen LogP contribution in [0.2, 0.25) is 0 Å². The van der Waals surface area contributed by atoms with Crippen LogP contribution in [0.25, 0.3) is 11.0 Å². The third-order valence-electron chi connectivity index (χ3n) is 6.34. The standard InChI is InChI=1S/C24H26F2N8O2/c1-4-19-30-24(36-31-19)33-9-7-15(8-10-33)34-12-17(26)20-21(27-13-28-22(20)34)29-18-6-5-14(11-16(18)25)23(35)32(2)3/h5-6,11-13,15H,4,7-10H2,1-3H3,(H,27,28,29). The minimum Gasteiger partial charge on any atom is -0.345 e. The Hall–Kier alpha value is -4.09. The van der Waals surface area contributed by atoms with E-state index in [1.165, 1.54) is 29.6 Å². The summed E-state index contributed by atoms with van der Waals surface area (Å²) in [5.74, 6) is -0.646.